The zero-order chi connectivity index (χ0) is 25.4. The molecule has 0 aromatic heterocycles. The molecule has 0 heterocycles. The Morgan fingerprint density at radius 1 is 0.781 bits per heavy atom. The van der Waals surface area contributed by atoms with Crippen LogP contribution in [0, 0.1) is 0 Å². The fourth-order valence-corrected chi connectivity index (χ4v) is 5.60. The van der Waals surface area contributed by atoms with Crippen LogP contribution in [0.25, 0.3) is 0 Å². The van der Waals surface area contributed by atoms with Crippen LogP contribution in [0.1, 0.15) is 93.4 Å². The number of likely N-dealkylation sites (N-methyl/N-ethyl adjacent to an activating group) is 1. The molecule has 0 rings (SSSR count). The summed E-state index contributed by atoms with van der Waals surface area (Å²) in [6, 6.07) is 0. The zero-order valence-corrected chi connectivity index (χ0v) is 25.2. The summed E-state index contributed by atoms with van der Waals surface area (Å²) in [6.07, 6.45) is 6.47. The maximum absolute atomic E-state index is 13.3. The van der Waals surface area contributed by atoms with Crippen LogP contribution in [0.15, 0.2) is 0 Å². The van der Waals surface area contributed by atoms with Crippen LogP contribution in [-0.4, -0.2) is 47.6 Å². The summed E-state index contributed by atoms with van der Waals surface area (Å²) in [7, 11) is -2.98. The van der Waals surface area contributed by atoms with E-state index < -0.39 is 40.5 Å². The Hall–Kier alpha value is -0.506. The van der Waals surface area contributed by atoms with Gasteiger partial charge in [-0.2, -0.15) is 0 Å². The van der Waals surface area contributed by atoms with Gasteiger partial charge < -0.3 is 14.2 Å². The second-order valence-corrected chi connectivity index (χ2v) is 21.7. The van der Waals surface area contributed by atoms with Crippen molar-refractivity contribution in [1.29, 1.82) is 0 Å². The van der Waals surface area contributed by atoms with E-state index in [2.05, 4.69) is 80.0 Å². The molecule has 1 N–H and O–H groups in total. The van der Waals surface area contributed by atoms with Crippen molar-refractivity contribution in [1.82, 2.24) is 5.32 Å². The summed E-state index contributed by atoms with van der Waals surface area (Å²) >= 11 is 0. The van der Waals surface area contributed by atoms with Gasteiger partial charge in [0.1, 0.15) is 6.10 Å². The summed E-state index contributed by atoms with van der Waals surface area (Å²) in [5, 5.41) is 2.44. The summed E-state index contributed by atoms with van der Waals surface area (Å²) in [4.78, 5) is 25.7. The number of Topliss-reactive ketones (excluding diaryl/α,β-unsaturated/α-hetero) is 1. The predicted octanol–water partition coefficient (Wildman–Crippen LogP) is 6.83. The quantitative estimate of drug-likeness (QED) is 0.166. The lowest BCUT2D eigenvalue weighted by Gasteiger charge is -2.44. The molecular formula is C25H53NO4Si2. The van der Waals surface area contributed by atoms with E-state index in [-0.39, 0.29) is 10.1 Å². The molecular weight excluding hydrogens is 434 g/mol. The third-order valence-corrected chi connectivity index (χ3v) is 16.3. The minimum Gasteiger partial charge on any atom is -0.411 e. The van der Waals surface area contributed by atoms with Crippen LogP contribution >= 0.6 is 0 Å². The SMILES string of the molecule is CCCCCCCC[C@@H](O[Si](C)(C)C(C)(C)C)[C@H](O[Si](C)(C)C(C)(C)C)C(=O)C(=O)NC. The molecule has 1 amide bonds. The summed E-state index contributed by atoms with van der Waals surface area (Å²) in [5.41, 5.74) is 0. The largest absolute Gasteiger partial charge is 0.411 e. The minimum absolute atomic E-state index is 0.00393. The fraction of sp³-hybridized carbons (Fsp3) is 0.920. The minimum atomic E-state index is -2.30. The van der Waals surface area contributed by atoms with Gasteiger partial charge in [0.2, 0.25) is 5.78 Å². The van der Waals surface area contributed by atoms with Crippen LogP contribution in [0.2, 0.25) is 36.3 Å². The Labute approximate surface area is 201 Å². The first-order valence-electron chi connectivity index (χ1n) is 12.5. The van der Waals surface area contributed by atoms with Crippen molar-refractivity contribution in [2.45, 2.75) is 142 Å². The number of hydrogen-bond acceptors (Lipinski definition) is 4. The molecule has 0 saturated carbocycles. The van der Waals surface area contributed by atoms with Crippen LogP contribution < -0.4 is 5.32 Å². The summed E-state index contributed by atoms with van der Waals surface area (Å²) < 4.78 is 13.4. The normalized spacial score (nSPS) is 15.4. The molecule has 0 unspecified atom stereocenters. The Bertz CT molecular complexity index is 592. The molecule has 5 nitrogen and oxygen atoms in total. The topological polar surface area (TPSA) is 64.6 Å². The van der Waals surface area contributed by atoms with E-state index >= 15 is 0 Å². The molecule has 2 atom stereocenters. The molecule has 0 aliphatic carbocycles. The van der Waals surface area contributed by atoms with Crippen molar-refractivity contribution >= 4 is 28.3 Å². The average molecular weight is 488 g/mol. The molecule has 0 aromatic rings. The van der Waals surface area contributed by atoms with Gasteiger partial charge in [0, 0.05) is 7.05 Å². The average Bonchev–Trinajstić information content (AvgIpc) is 2.64. The maximum atomic E-state index is 13.3. The van der Waals surface area contributed by atoms with Crippen LogP contribution in [0.3, 0.4) is 0 Å². The lowest BCUT2D eigenvalue weighted by Crippen LogP contribution is -2.56. The van der Waals surface area contributed by atoms with E-state index in [0.717, 1.165) is 19.3 Å². The lowest BCUT2D eigenvalue weighted by molar-refractivity contribution is -0.145. The van der Waals surface area contributed by atoms with Crippen molar-refractivity contribution in [3.05, 3.63) is 0 Å². The molecule has 0 bridgehead atoms. The van der Waals surface area contributed by atoms with Gasteiger partial charge in [0.05, 0.1) is 6.10 Å². The first kappa shape index (κ1) is 31.5. The van der Waals surface area contributed by atoms with Crippen LogP contribution in [-0.2, 0) is 18.4 Å². The third kappa shape index (κ3) is 9.78. The van der Waals surface area contributed by atoms with E-state index in [1.54, 1.807) is 0 Å². The van der Waals surface area contributed by atoms with Crippen LogP contribution in [0.5, 0.6) is 0 Å². The van der Waals surface area contributed by atoms with Gasteiger partial charge in [-0.25, -0.2) is 0 Å². The highest BCUT2D eigenvalue weighted by Crippen LogP contribution is 2.41. The van der Waals surface area contributed by atoms with E-state index in [1.807, 2.05) is 0 Å². The van der Waals surface area contributed by atoms with Crippen molar-refractivity contribution < 1.29 is 18.4 Å². The molecule has 0 aromatic carbocycles. The number of amides is 1. The summed E-state index contributed by atoms with van der Waals surface area (Å²) in [5.74, 6) is -1.10. The maximum Gasteiger partial charge on any atom is 0.289 e. The molecule has 0 aliphatic rings. The van der Waals surface area contributed by atoms with E-state index in [4.69, 9.17) is 8.85 Å². The molecule has 0 saturated heterocycles. The molecule has 0 radical (unpaired) electrons. The van der Waals surface area contributed by atoms with E-state index in [0.29, 0.717) is 0 Å². The van der Waals surface area contributed by atoms with Crippen molar-refractivity contribution in [2.24, 2.45) is 0 Å². The standard InChI is InChI=1S/C25H53NO4Si2/c1-13-14-15-16-17-18-19-20(29-31(9,10)24(2,3)4)22(21(27)23(28)26-8)30-32(11,12)25(5,6)7/h20,22H,13-19H2,1-12H3,(H,26,28)/t20-,22+/m1/s1. The van der Waals surface area contributed by atoms with Crippen LogP contribution in [0.4, 0.5) is 0 Å². The first-order valence-corrected chi connectivity index (χ1v) is 18.3. The fourth-order valence-electron chi connectivity index (χ4n) is 3.00. The number of carbonyl (C=O) groups is 2. The second-order valence-electron chi connectivity index (χ2n) is 12.2. The monoisotopic (exact) mass is 487 g/mol. The Balaban J connectivity index is 5.96. The van der Waals surface area contributed by atoms with Crippen molar-refractivity contribution in [3.8, 4) is 0 Å². The van der Waals surface area contributed by atoms with E-state index in [9.17, 15) is 9.59 Å². The predicted molar refractivity (Wildman–Crippen MR) is 141 cm³/mol. The highest BCUT2D eigenvalue weighted by molar-refractivity contribution is 6.75. The van der Waals surface area contributed by atoms with Gasteiger partial charge in [0.15, 0.2) is 16.6 Å². The highest BCUT2D eigenvalue weighted by Gasteiger charge is 2.47. The Kier molecular flexibility index (Phi) is 12.6. The summed E-state index contributed by atoms with van der Waals surface area (Å²) in [6.45, 7) is 23.9. The molecule has 7 heteroatoms. The van der Waals surface area contributed by atoms with Gasteiger partial charge in [-0.05, 0) is 42.7 Å². The van der Waals surface area contributed by atoms with E-state index in [1.165, 1.54) is 32.7 Å². The third-order valence-electron chi connectivity index (χ3n) is 7.37. The molecule has 32 heavy (non-hydrogen) atoms. The lowest BCUT2D eigenvalue weighted by atomic mass is 10.0. The molecule has 0 aliphatic heterocycles. The van der Waals surface area contributed by atoms with Crippen molar-refractivity contribution in [2.75, 3.05) is 7.05 Å². The van der Waals surface area contributed by atoms with Gasteiger partial charge in [-0.3, -0.25) is 9.59 Å². The molecule has 0 fully saturated rings. The number of nitrogens with one attached hydrogen (secondary N) is 1. The number of unbranched alkanes of at least 4 members (excludes halogenated alkanes) is 5. The van der Waals surface area contributed by atoms with Crippen molar-refractivity contribution in [3.63, 3.8) is 0 Å². The number of carbonyl (C=O) groups excluding carboxylic acids is 2. The molecule has 0 spiro atoms. The number of ketones is 1. The number of hydrogen-bond donors (Lipinski definition) is 1. The molecule has 190 valence electrons. The first-order chi connectivity index (χ1) is 14.4. The Morgan fingerprint density at radius 2 is 1.22 bits per heavy atom. The van der Waals surface area contributed by atoms with Gasteiger partial charge in [0.25, 0.3) is 5.91 Å². The van der Waals surface area contributed by atoms with Gasteiger partial charge in [-0.1, -0.05) is 87.0 Å². The van der Waals surface area contributed by atoms with Gasteiger partial charge in [-0.15, -0.1) is 0 Å². The zero-order valence-electron chi connectivity index (χ0n) is 23.2. The second kappa shape index (κ2) is 12.8. The Morgan fingerprint density at radius 3 is 1.66 bits per heavy atom. The smallest absolute Gasteiger partial charge is 0.289 e. The highest BCUT2D eigenvalue weighted by atomic mass is 28.4. The van der Waals surface area contributed by atoms with Gasteiger partial charge >= 0.3 is 0 Å². The number of rotatable bonds is 14.